The summed E-state index contributed by atoms with van der Waals surface area (Å²) >= 11 is 1.48. The molecule has 1 aromatic carbocycles. The van der Waals surface area contributed by atoms with Gasteiger partial charge in [0, 0.05) is 23.4 Å². The highest BCUT2D eigenvalue weighted by Crippen LogP contribution is 2.51. The van der Waals surface area contributed by atoms with Crippen LogP contribution in [0, 0.1) is 21.8 Å². The fourth-order valence-corrected chi connectivity index (χ4v) is 4.26. The molecule has 2 N–H and O–H groups in total. The van der Waals surface area contributed by atoms with E-state index in [-0.39, 0.29) is 11.6 Å². The Hall–Kier alpha value is -1.63. The summed E-state index contributed by atoms with van der Waals surface area (Å²) in [5.74, 6) is 0.541. The second-order valence-electron chi connectivity index (χ2n) is 5.20. The molecule has 0 radical (unpaired) electrons. The molecule has 5 nitrogen and oxygen atoms in total. The molecule has 1 aliphatic carbocycles. The number of nitro groups is 1. The minimum Gasteiger partial charge on any atom is -0.379 e. The average molecular weight is 295 g/mol. The van der Waals surface area contributed by atoms with Gasteiger partial charge in [-0.15, -0.1) is 0 Å². The molecule has 0 bridgehead atoms. The summed E-state index contributed by atoms with van der Waals surface area (Å²) in [7, 11) is 0. The zero-order chi connectivity index (χ0) is 14.3. The number of aliphatic imine (C=N–C) groups is 1. The van der Waals surface area contributed by atoms with Crippen LogP contribution >= 0.6 is 11.8 Å². The van der Waals surface area contributed by atoms with Crippen LogP contribution < -0.4 is 5.73 Å². The SMILES string of the molecule is NC1=N[C@@]2(c3cc([N+](=O)[O-])ccc3F)CCC[C@H]2CS1. The van der Waals surface area contributed by atoms with Crippen molar-refractivity contribution in [2.75, 3.05) is 5.75 Å². The molecule has 0 spiro atoms. The summed E-state index contributed by atoms with van der Waals surface area (Å²) in [4.78, 5) is 14.9. The summed E-state index contributed by atoms with van der Waals surface area (Å²) in [5.41, 5.74) is 5.31. The van der Waals surface area contributed by atoms with E-state index in [1.165, 1.54) is 23.9 Å². The minimum absolute atomic E-state index is 0.103. The Morgan fingerprint density at radius 3 is 3.10 bits per heavy atom. The molecule has 0 saturated heterocycles. The first-order chi connectivity index (χ1) is 9.53. The number of nitrogens with zero attached hydrogens (tertiary/aromatic N) is 2. The molecule has 106 valence electrons. The molecular weight excluding hydrogens is 281 g/mol. The van der Waals surface area contributed by atoms with E-state index in [9.17, 15) is 14.5 Å². The first-order valence-corrected chi connectivity index (χ1v) is 7.44. The van der Waals surface area contributed by atoms with Gasteiger partial charge in [-0.05, 0) is 24.8 Å². The summed E-state index contributed by atoms with van der Waals surface area (Å²) in [6.45, 7) is 0. The van der Waals surface area contributed by atoms with E-state index in [0.29, 0.717) is 17.2 Å². The quantitative estimate of drug-likeness (QED) is 0.672. The molecule has 20 heavy (non-hydrogen) atoms. The number of thioether (sulfide) groups is 1. The Morgan fingerprint density at radius 2 is 2.35 bits per heavy atom. The maximum atomic E-state index is 14.2. The van der Waals surface area contributed by atoms with E-state index in [1.54, 1.807) is 0 Å². The monoisotopic (exact) mass is 295 g/mol. The predicted octanol–water partition coefficient (Wildman–Crippen LogP) is 2.79. The van der Waals surface area contributed by atoms with Crippen molar-refractivity contribution in [3.05, 3.63) is 39.7 Å². The van der Waals surface area contributed by atoms with Gasteiger partial charge in [0.2, 0.25) is 0 Å². The van der Waals surface area contributed by atoms with Crippen LogP contribution in [-0.2, 0) is 5.54 Å². The van der Waals surface area contributed by atoms with Crippen LogP contribution in [-0.4, -0.2) is 15.8 Å². The Labute approximate surface area is 119 Å². The standard InChI is InChI=1S/C13H14FN3O2S/c14-11-4-3-9(17(18)19)6-10(11)13-5-1-2-8(13)7-20-12(15)16-13/h3-4,6,8H,1-2,5,7H2,(H2,15,16)/t8-,13-/m0/s1. The summed E-state index contributed by atoms with van der Waals surface area (Å²) < 4.78 is 14.2. The first kappa shape index (κ1) is 13.4. The van der Waals surface area contributed by atoms with Crippen LogP contribution in [0.4, 0.5) is 10.1 Å². The van der Waals surface area contributed by atoms with Gasteiger partial charge in [0.25, 0.3) is 5.69 Å². The van der Waals surface area contributed by atoms with E-state index in [4.69, 9.17) is 5.73 Å². The maximum absolute atomic E-state index is 14.2. The molecule has 0 amide bonds. The Balaban J connectivity index is 2.17. The topological polar surface area (TPSA) is 81.5 Å². The van der Waals surface area contributed by atoms with Gasteiger partial charge < -0.3 is 5.73 Å². The van der Waals surface area contributed by atoms with E-state index in [1.807, 2.05) is 0 Å². The van der Waals surface area contributed by atoms with E-state index in [2.05, 4.69) is 4.99 Å². The van der Waals surface area contributed by atoms with Crippen molar-refractivity contribution in [1.82, 2.24) is 0 Å². The van der Waals surface area contributed by atoms with Crippen LogP contribution in [0.3, 0.4) is 0 Å². The number of benzene rings is 1. The third-order valence-electron chi connectivity index (χ3n) is 4.16. The van der Waals surface area contributed by atoms with Gasteiger partial charge in [-0.1, -0.05) is 18.2 Å². The molecule has 1 saturated carbocycles. The van der Waals surface area contributed by atoms with Crippen molar-refractivity contribution >= 4 is 22.6 Å². The predicted molar refractivity (Wildman–Crippen MR) is 76.2 cm³/mol. The number of nitro benzene ring substituents is 1. The number of hydrogen-bond acceptors (Lipinski definition) is 5. The van der Waals surface area contributed by atoms with E-state index in [0.717, 1.165) is 24.7 Å². The number of halogens is 1. The van der Waals surface area contributed by atoms with E-state index >= 15 is 0 Å². The largest absolute Gasteiger partial charge is 0.379 e. The lowest BCUT2D eigenvalue weighted by atomic mass is 9.81. The summed E-state index contributed by atoms with van der Waals surface area (Å²) in [6.07, 6.45) is 2.58. The molecule has 3 rings (SSSR count). The molecule has 1 heterocycles. The Morgan fingerprint density at radius 1 is 1.55 bits per heavy atom. The molecular formula is C13H14FN3O2S. The van der Waals surface area contributed by atoms with Crippen LogP contribution in [0.2, 0.25) is 0 Å². The average Bonchev–Trinajstić information content (AvgIpc) is 2.82. The van der Waals surface area contributed by atoms with Gasteiger partial charge >= 0.3 is 0 Å². The lowest BCUT2D eigenvalue weighted by Crippen LogP contribution is -2.37. The number of fused-ring (bicyclic) bond motifs is 1. The summed E-state index contributed by atoms with van der Waals surface area (Å²) in [6, 6.07) is 3.66. The minimum atomic E-state index is -0.717. The third kappa shape index (κ3) is 1.96. The van der Waals surface area contributed by atoms with Gasteiger partial charge in [-0.25, -0.2) is 4.39 Å². The fraction of sp³-hybridized carbons (Fsp3) is 0.462. The first-order valence-electron chi connectivity index (χ1n) is 6.45. The maximum Gasteiger partial charge on any atom is 0.270 e. The highest BCUT2D eigenvalue weighted by molar-refractivity contribution is 8.13. The molecule has 7 heteroatoms. The lowest BCUT2D eigenvalue weighted by molar-refractivity contribution is -0.385. The zero-order valence-corrected chi connectivity index (χ0v) is 11.5. The molecule has 0 unspecified atom stereocenters. The number of rotatable bonds is 2. The third-order valence-corrected chi connectivity index (χ3v) is 5.11. The number of amidine groups is 1. The highest BCUT2D eigenvalue weighted by atomic mass is 32.2. The second kappa shape index (κ2) is 4.73. The Bertz CT molecular complexity index is 607. The zero-order valence-electron chi connectivity index (χ0n) is 10.7. The molecule has 0 aromatic heterocycles. The number of nitrogens with two attached hydrogens (primary N) is 1. The molecule has 2 aliphatic rings. The van der Waals surface area contributed by atoms with Gasteiger partial charge in [-0.3, -0.25) is 15.1 Å². The fourth-order valence-electron chi connectivity index (χ4n) is 3.22. The van der Waals surface area contributed by atoms with Crippen LogP contribution in [0.15, 0.2) is 23.2 Å². The van der Waals surface area contributed by atoms with Crippen molar-refractivity contribution in [3.8, 4) is 0 Å². The van der Waals surface area contributed by atoms with Crippen molar-refractivity contribution in [3.63, 3.8) is 0 Å². The smallest absolute Gasteiger partial charge is 0.270 e. The summed E-state index contributed by atoms with van der Waals surface area (Å²) in [5, 5.41) is 11.4. The second-order valence-corrected chi connectivity index (χ2v) is 6.24. The number of hydrogen-bond donors (Lipinski definition) is 1. The molecule has 1 aliphatic heterocycles. The van der Waals surface area contributed by atoms with Gasteiger partial charge in [0.15, 0.2) is 5.17 Å². The van der Waals surface area contributed by atoms with E-state index < -0.39 is 16.3 Å². The van der Waals surface area contributed by atoms with Gasteiger partial charge in [-0.2, -0.15) is 0 Å². The lowest BCUT2D eigenvalue weighted by Gasteiger charge is -2.35. The van der Waals surface area contributed by atoms with Crippen LogP contribution in [0.1, 0.15) is 24.8 Å². The Kier molecular flexibility index (Phi) is 3.16. The van der Waals surface area contributed by atoms with Gasteiger partial charge in [0.1, 0.15) is 5.82 Å². The van der Waals surface area contributed by atoms with Crippen LogP contribution in [0.25, 0.3) is 0 Å². The van der Waals surface area contributed by atoms with Crippen LogP contribution in [0.5, 0.6) is 0 Å². The molecule has 2 atom stereocenters. The molecule has 1 fully saturated rings. The van der Waals surface area contributed by atoms with Crippen molar-refractivity contribution in [2.24, 2.45) is 16.6 Å². The van der Waals surface area contributed by atoms with Crippen molar-refractivity contribution in [1.29, 1.82) is 0 Å². The number of non-ortho nitro benzene ring substituents is 1. The normalized spacial score (nSPS) is 28.9. The van der Waals surface area contributed by atoms with Crippen molar-refractivity contribution < 1.29 is 9.31 Å². The van der Waals surface area contributed by atoms with Gasteiger partial charge in [0.05, 0.1) is 10.5 Å². The molecule has 1 aromatic rings. The van der Waals surface area contributed by atoms with Crippen molar-refractivity contribution in [2.45, 2.75) is 24.8 Å². The highest BCUT2D eigenvalue weighted by Gasteiger charge is 2.48.